The van der Waals surface area contributed by atoms with Crippen molar-refractivity contribution in [1.29, 1.82) is 0 Å². The van der Waals surface area contributed by atoms with Crippen molar-refractivity contribution in [3.8, 4) is 0 Å². The van der Waals surface area contributed by atoms with E-state index in [2.05, 4.69) is 4.98 Å². The van der Waals surface area contributed by atoms with Crippen LogP contribution in [0.1, 0.15) is 37.5 Å². The zero-order valence-corrected chi connectivity index (χ0v) is 11.5. The molecule has 1 saturated carbocycles. The van der Waals surface area contributed by atoms with Gasteiger partial charge in [0.2, 0.25) is 0 Å². The number of hydrogen-bond acceptors (Lipinski definition) is 4. The molecule has 0 spiro atoms. The van der Waals surface area contributed by atoms with Crippen LogP contribution in [0.25, 0.3) is 0 Å². The molecule has 2 atom stereocenters. The van der Waals surface area contributed by atoms with Gasteiger partial charge in [0, 0.05) is 19.3 Å². The molecule has 18 heavy (non-hydrogen) atoms. The Balaban J connectivity index is 2.25. The van der Waals surface area contributed by atoms with Gasteiger partial charge in [0.05, 0.1) is 6.10 Å². The van der Waals surface area contributed by atoms with Gasteiger partial charge in [-0.2, -0.15) is 0 Å². The molecule has 2 unspecified atom stereocenters. The van der Waals surface area contributed by atoms with Crippen LogP contribution in [0.2, 0.25) is 0 Å². The number of aromatic nitrogens is 2. The van der Waals surface area contributed by atoms with Crippen molar-refractivity contribution in [2.75, 3.05) is 7.11 Å². The lowest BCUT2D eigenvalue weighted by molar-refractivity contribution is 0.0527. The Morgan fingerprint density at radius 1 is 1.50 bits per heavy atom. The molecule has 7 heteroatoms. The molecule has 1 aromatic heterocycles. The molecule has 0 aliphatic heterocycles. The lowest BCUT2D eigenvalue weighted by Crippen LogP contribution is -2.24. The molecule has 2 N–H and O–H groups in total. The summed E-state index contributed by atoms with van der Waals surface area (Å²) in [5.74, 6) is 0.681. The van der Waals surface area contributed by atoms with Crippen LogP contribution in [-0.2, 0) is 14.8 Å². The maximum atomic E-state index is 11.3. The first-order valence-electron chi connectivity index (χ1n) is 6.03. The van der Waals surface area contributed by atoms with Gasteiger partial charge in [0.15, 0.2) is 5.03 Å². The number of nitrogens with two attached hydrogens (primary N) is 1. The molecule has 0 radical (unpaired) electrons. The summed E-state index contributed by atoms with van der Waals surface area (Å²) in [7, 11) is -2.01. The first kappa shape index (κ1) is 13.5. The quantitative estimate of drug-likeness (QED) is 0.889. The Morgan fingerprint density at radius 3 is 2.78 bits per heavy atom. The number of methoxy groups -OCH3 is 1. The summed E-state index contributed by atoms with van der Waals surface area (Å²) in [4.78, 5) is 4.02. The van der Waals surface area contributed by atoms with Crippen molar-refractivity contribution in [1.82, 2.24) is 9.55 Å². The van der Waals surface area contributed by atoms with Crippen LogP contribution in [0.15, 0.2) is 11.2 Å². The van der Waals surface area contributed by atoms with Crippen molar-refractivity contribution in [3.63, 3.8) is 0 Å². The second-order valence-corrected chi connectivity index (χ2v) is 6.27. The second kappa shape index (κ2) is 4.99. The number of aryl methyl sites for hydroxylation is 1. The van der Waals surface area contributed by atoms with Gasteiger partial charge in [-0.05, 0) is 32.6 Å². The minimum absolute atomic E-state index is 0.0560. The van der Waals surface area contributed by atoms with Gasteiger partial charge in [-0.3, -0.25) is 0 Å². The van der Waals surface area contributed by atoms with E-state index in [4.69, 9.17) is 9.88 Å². The van der Waals surface area contributed by atoms with E-state index in [0.717, 1.165) is 25.7 Å². The maximum absolute atomic E-state index is 11.3. The normalized spacial score (nSPS) is 25.3. The van der Waals surface area contributed by atoms with Crippen LogP contribution >= 0.6 is 0 Å². The highest BCUT2D eigenvalue weighted by atomic mass is 32.2. The van der Waals surface area contributed by atoms with Crippen LogP contribution in [0.3, 0.4) is 0 Å². The van der Waals surface area contributed by atoms with E-state index in [-0.39, 0.29) is 17.2 Å². The van der Waals surface area contributed by atoms with Crippen LogP contribution < -0.4 is 5.14 Å². The summed E-state index contributed by atoms with van der Waals surface area (Å²) in [6.45, 7) is 1.80. The molecule has 1 aromatic rings. The summed E-state index contributed by atoms with van der Waals surface area (Å²) in [5.41, 5.74) is 0. The molecule has 6 nitrogen and oxygen atoms in total. The Morgan fingerprint density at radius 2 is 2.22 bits per heavy atom. The van der Waals surface area contributed by atoms with E-state index in [0.29, 0.717) is 5.82 Å². The number of rotatable bonds is 3. The minimum Gasteiger partial charge on any atom is -0.381 e. The van der Waals surface area contributed by atoms with E-state index in [1.165, 1.54) is 6.20 Å². The molecular formula is C11H19N3O3S. The molecule has 1 heterocycles. The predicted octanol–water partition coefficient (Wildman–Crippen LogP) is 0.969. The standard InChI is InChI=1S/C11H19N3O3S/c1-8-13-11(18(12,15)16)7-14(8)9-4-3-5-10(6-9)17-2/h7,9-10H,3-6H2,1-2H3,(H2,12,15,16). The lowest BCUT2D eigenvalue weighted by atomic mass is 9.92. The van der Waals surface area contributed by atoms with Crippen molar-refractivity contribution in [2.24, 2.45) is 5.14 Å². The summed E-state index contributed by atoms with van der Waals surface area (Å²) in [5, 5.41) is 5.04. The topological polar surface area (TPSA) is 87.2 Å². The van der Waals surface area contributed by atoms with Gasteiger partial charge < -0.3 is 9.30 Å². The van der Waals surface area contributed by atoms with Gasteiger partial charge >= 0.3 is 0 Å². The number of nitrogens with zero attached hydrogens (tertiary/aromatic N) is 2. The largest absolute Gasteiger partial charge is 0.381 e. The van der Waals surface area contributed by atoms with Gasteiger partial charge in [0.25, 0.3) is 10.0 Å². The van der Waals surface area contributed by atoms with Crippen LogP contribution in [-0.4, -0.2) is 31.2 Å². The fraction of sp³-hybridized carbons (Fsp3) is 0.727. The van der Waals surface area contributed by atoms with Crippen molar-refractivity contribution >= 4 is 10.0 Å². The van der Waals surface area contributed by atoms with Crippen LogP contribution in [0, 0.1) is 6.92 Å². The molecule has 1 aliphatic rings. The molecule has 0 saturated heterocycles. The van der Waals surface area contributed by atoms with E-state index < -0.39 is 10.0 Å². The third-order valence-electron chi connectivity index (χ3n) is 3.51. The smallest absolute Gasteiger partial charge is 0.257 e. The number of primary sulfonamides is 1. The molecule has 0 aromatic carbocycles. The first-order chi connectivity index (χ1) is 8.41. The van der Waals surface area contributed by atoms with Crippen molar-refractivity contribution in [2.45, 2.75) is 49.8 Å². The Kier molecular flexibility index (Phi) is 3.74. The zero-order chi connectivity index (χ0) is 13.3. The average Bonchev–Trinajstić information content (AvgIpc) is 2.71. The highest BCUT2D eigenvalue weighted by Crippen LogP contribution is 2.31. The molecule has 0 bridgehead atoms. The maximum Gasteiger partial charge on any atom is 0.257 e. The van der Waals surface area contributed by atoms with Crippen molar-refractivity contribution in [3.05, 3.63) is 12.0 Å². The van der Waals surface area contributed by atoms with E-state index in [9.17, 15) is 8.42 Å². The number of hydrogen-bond donors (Lipinski definition) is 1. The van der Waals surface area contributed by atoms with E-state index in [1.54, 1.807) is 14.0 Å². The molecular weight excluding hydrogens is 254 g/mol. The molecule has 1 fully saturated rings. The first-order valence-corrected chi connectivity index (χ1v) is 7.57. The van der Waals surface area contributed by atoms with E-state index >= 15 is 0 Å². The number of imidazole rings is 1. The fourth-order valence-corrected chi connectivity index (χ4v) is 3.07. The van der Waals surface area contributed by atoms with Gasteiger partial charge in [-0.15, -0.1) is 0 Å². The van der Waals surface area contributed by atoms with Gasteiger partial charge in [0.1, 0.15) is 5.82 Å². The fourth-order valence-electron chi connectivity index (χ4n) is 2.55. The second-order valence-electron chi connectivity index (χ2n) is 4.76. The molecule has 2 rings (SSSR count). The average molecular weight is 273 g/mol. The highest BCUT2D eigenvalue weighted by molar-refractivity contribution is 7.89. The van der Waals surface area contributed by atoms with Gasteiger partial charge in [-0.1, -0.05) is 0 Å². The third-order valence-corrected chi connectivity index (χ3v) is 4.29. The third kappa shape index (κ3) is 2.73. The Hall–Kier alpha value is -0.920. The summed E-state index contributed by atoms with van der Waals surface area (Å²) in [6, 6.07) is 0.242. The van der Waals surface area contributed by atoms with Crippen molar-refractivity contribution < 1.29 is 13.2 Å². The number of ether oxygens (including phenoxy) is 1. The van der Waals surface area contributed by atoms with Crippen LogP contribution in [0.4, 0.5) is 0 Å². The molecule has 1 aliphatic carbocycles. The predicted molar refractivity (Wildman–Crippen MR) is 66.6 cm³/mol. The van der Waals surface area contributed by atoms with E-state index in [1.807, 2.05) is 4.57 Å². The monoisotopic (exact) mass is 273 g/mol. The molecule has 0 amide bonds. The molecule has 102 valence electrons. The number of sulfonamides is 1. The minimum atomic E-state index is -3.73. The Labute approximate surface area is 107 Å². The SMILES string of the molecule is COC1CCCC(n2cc(S(N)(=O)=O)nc2C)C1. The Bertz CT molecular complexity index is 524. The van der Waals surface area contributed by atoms with Crippen LogP contribution in [0.5, 0.6) is 0 Å². The summed E-state index contributed by atoms with van der Waals surface area (Å²) >= 11 is 0. The highest BCUT2D eigenvalue weighted by Gasteiger charge is 2.25. The summed E-state index contributed by atoms with van der Waals surface area (Å²) in [6.07, 6.45) is 5.81. The lowest BCUT2D eigenvalue weighted by Gasteiger charge is -2.29. The zero-order valence-electron chi connectivity index (χ0n) is 10.7. The van der Waals surface area contributed by atoms with Gasteiger partial charge in [-0.25, -0.2) is 18.5 Å². The summed E-state index contributed by atoms with van der Waals surface area (Å²) < 4.78 is 29.8.